The monoisotopic (exact) mass is 240 g/mol. The zero-order valence-corrected chi connectivity index (χ0v) is 11.1. The summed E-state index contributed by atoms with van der Waals surface area (Å²) in [4.78, 5) is 14.3. The molecule has 4 heteroatoms. The molecule has 0 heterocycles. The van der Waals surface area contributed by atoms with Gasteiger partial charge in [0.1, 0.15) is 0 Å². The van der Waals surface area contributed by atoms with Crippen molar-refractivity contribution in [1.29, 1.82) is 0 Å². The summed E-state index contributed by atoms with van der Waals surface area (Å²) in [6.07, 6.45) is 4.91. The highest BCUT2D eigenvalue weighted by Crippen LogP contribution is 2.39. The van der Waals surface area contributed by atoms with Gasteiger partial charge in [0.25, 0.3) is 0 Å². The number of urea groups is 1. The van der Waals surface area contributed by atoms with E-state index in [2.05, 4.69) is 17.1 Å². The maximum absolute atomic E-state index is 12.2. The summed E-state index contributed by atoms with van der Waals surface area (Å²) in [6.45, 7) is 4.74. The number of ether oxygens (including phenoxy) is 1. The summed E-state index contributed by atoms with van der Waals surface area (Å²) in [6, 6.07) is 1.06. The van der Waals surface area contributed by atoms with Crippen molar-refractivity contribution in [3.05, 3.63) is 0 Å². The minimum atomic E-state index is 0.0835. The standard InChI is InChI=1S/C13H24N2O2/c1-9(8-17-3)14-13(16)15(12-6-7-12)10(2)11-4-5-11/h9-12H,4-8H2,1-3H3,(H,14,16)/t9-,10+/m0/s1. The molecule has 98 valence electrons. The third-order valence-corrected chi connectivity index (χ3v) is 3.70. The molecule has 0 radical (unpaired) electrons. The molecule has 4 nitrogen and oxygen atoms in total. The first-order chi connectivity index (χ1) is 8.13. The van der Waals surface area contributed by atoms with Crippen molar-refractivity contribution >= 4 is 6.03 Å². The average Bonchev–Trinajstić information content (AvgIpc) is 3.13. The number of hydrogen-bond donors (Lipinski definition) is 1. The summed E-state index contributed by atoms with van der Waals surface area (Å²) in [5, 5.41) is 3.03. The van der Waals surface area contributed by atoms with Gasteiger partial charge in [0, 0.05) is 19.2 Å². The Kier molecular flexibility index (Phi) is 3.92. The van der Waals surface area contributed by atoms with E-state index in [1.807, 2.05) is 6.92 Å². The van der Waals surface area contributed by atoms with E-state index >= 15 is 0 Å². The molecule has 2 aliphatic rings. The Labute approximate surface area is 104 Å². The minimum Gasteiger partial charge on any atom is -0.383 e. The van der Waals surface area contributed by atoms with Crippen LogP contribution in [0.1, 0.15) is 39.5 Å². The molecule has 17 heavy (non-hydrogen) atoms. The van der Waals surface area contributed by atoms with Crippen molar-refractivity contribution in [3.8, 4) is 0 Å². The van der Waals surface area contributed by atoms with E-state index in [-0.39, 0.29) is 12.1 Å². The Morgan fingerprint density at radius 2 is 2.00 bits per heavy atom. The first-order valence-corrected chi connectivity index (χ1v) is 6.71. The molecule has 0 aromatic carbocycles. The Balaban J connectivity index is 1.88. The molecule has 0 aliphatic heterocycles. The zero-order chi connectivity index (χ0) is 12.4. The largest absolute Gasteiger partial charge is 0.383 e. The number of carbonyl (C=O) groups is 1. The smallest absolute Gasteiger partial charge is 0.318 e. The van der Waals surface area contributed by atoms with Crippen LogP contribution in [-0.4, -0.2) is 42.8 Å². The number of nitrogens with zero attached hydrogens (tertiary/aromatic N) is 1. The zero-order valence-electron chi connectivity index (χ0n) is 11.1. The van der Waals surface area contributed by atoms with Gasteiger partial charge in [-0.25, -0.2) is 4.79 Å². The molecular formula is C13H24N2O2. The van der Waals surface area contributed by atoms with E-state index in [9.17, 15) is 4.79 Å². The molecule has 2 saturated carbocycles. The van der Waals surface area contributed by atoms with Crippen molar-refractivity contribution in [2.24, 2.45) is 5.92 Å². The number of hydrogen-bond acceptors (Lipinski definition) is 2. The summed E-state index contributed by atoms with van der Waals surface area (Å²) in [5.74, 6) is 0.735. The Morgan fingerprint density at radius 1 is 1.35 bits per heavy atom. The van der Waals surface area contributed by atoms with Gasteiger partial charge in [-0.3, -0.25) is 0 Å². The van der Waals surface area contributed by atoms with Gasteiger partial charge in [-0.1, -0.05) is 0 Å². The first-order valence-electron chi connectivity index (χ1n) is 6.71. The molecule has 1 N–H and O–H groups in total. The lowest BCUT2D eigenvalue weighted by Crippen LogP contribution is -2.50. The van der Waals surface area contributed by atoms with Gasteiger partial charge in [-0.05, 0) is 45.4 Å². The predicted octanol–water partition coefficient (Wildman–Crippen LogP) is 1.99. The second-order valence-electron chi connectivity index (χ2n) is 5.52. The van der Waals surface area contributed by atoms with Crippen molar-refractivity contribution in [3.63, 3.8) is 0 Å². The van der Waals surface area contributed by atoms with Gasteiger partial charge in [0.05, 0.1) is 12.6 Å². The Hall–Kier alpha value is -0.770. The van der Waals surface area contributed by atoms with Gasteiger partial charge in [-0.15, -0.1) is 0 Å². The number of carbonyl (C=O) groups excluding carboxylic acids is 1. The van der Waals surface area contributed by atoms with Gasteiger partial charge < -0.3 is 15.0 Å². The third kappa shape index (κ3) is 3.35. The van der Waals surface area contributed by atoms with E-state index in [1.165, 1.54) is 25.7 Å². The van der Waals surface area contributed by atoms with Crippen molar-refractivity contribution in [1.82, 2.24) is 10.2 Å². The van der Waals surface area contributed by atoms with Crippen LogP contribution in [0.4, 0.5) is 4.79 Å². The van der Waals surface area contributed by atoms with E-state index in [0.29, 0.717) is 18.7 Å². The van der Waals surface area contributed by atoms with Gasteiger partial charge >= 0.3 is 6.03 Å². The molecule has 2 aliphatic carbocycles. The Morgan fingerprint density at radius 3 is 2.47 bits per heavy atom. The quantitative estimate of drug-likeness (QED) is 0.771. The highest BCUT2D eigenvalue weighted by molar-refractivity contribution is 5.75. The lowest BCUT2D eigenvalue weighted by atomic mass is 10.2. The van der Waals surface area contributed by atoms with E-state index in [1.54, 1.807) is 7.11 Å². The SMILES string of the molecule is COC[C@H](C)NC(=O)N(C1CC1)[C@H](C)C1CC1. The highest BCUT2D eigenvalue weighted by Gasteiger charge is 2.41. The number of amides is 2. The fourth-order valence-electron chi connectivity index (χ4n) is 2.42. The van der Waals surface area contributed by atoms with Crippen LogP contribution in [0, 0.1) is 5.92 Å². The summed E-state index contributed by atoms with van der Waals surface area (Å²) in [5.41, 5.74) is 0. The summed E-state index contributed by atoms with van der Waals surface area (Å²) >= 11 is 0. The van der Waals surface area contributed by atoms with Gasteiger partial charge in [0.15, 0.2) is 0 Å². The van der Waals surface area contributed by atoms with E-state index < -0.39 is 0 Å². The van der Waals surface area contributed by atoms with Crippen LogP contribution in [0.3, 0.4) is 0 Å². The first kappa shape index (κ1) is 12.7. The van der Waals surface area contributed by atoms with Crippen LogP contribution in [-0.2, 0) is 4.74 Å². The van der Waals surface area contributed by atoms with Crippen LogP contribution in [0.15, 0.2) is 0 Å². The molecule has 0 spiro atoms. The maximum atomic E-state index is 12.2. The van der Waals surface area contributed by atoms with E-state index in [4.69, 9.17) is 4.74 Å². The number of rotatable bonds is 6. The molecule has 2 amide bonds. The molecule has 2 fully saturated rings. The predicted molar refractivity (Wildman–Crippen MR) is 66.9 cm³/mol. The maximum Gasteiger partial charge on any atom is 0.318 e. The lowest BCUT2D eigenvalue weighted by molar-refractivity contribution is 0.144. The third-order valence-electron chi connectivity index (χ3n) is 3.70. The van der Waals surface area contributed by atoms with Crippen molar-refractivity contribution in [2.45, 2.75) is 57.7 Å². The summed E-state index contributed by atoms with van der Waals surface area (Å²) in [7, 11) is 1.66. The van der Waals surface area contributed by atoms with Crippen molar-refractivity contribution in [2.75, 3.05) is 13.7 Å². The molecule has 0 aromatic rings. The molecule has 2 rings (SSSR count). The molecule has 0 unspecified atom stereocenters. The van der Waals surface area contributed by atoms with Crippen molar-refractivity contribution < 1.29 is 9.53 Å². The second-order valence-corrected chi connectivity index (χ2v) is 5.52. The van der Waals surface area contributed by atoms with Crippen LogP contribution in [0.5, 0.6) is 0 Å². The molecule has 2 atom stereocenters. The van der Waals surface area contributed by atoms with E-state index in [0.717, 1.165) is 5.92 Å². The molecule has 0 bridgehead atoms. The molecule has 0 saturated heterocycles. The lowest BCUT2D eigenvalue weighted by Gasteiger charge is -2.31. The second kappa shape index (κ2) is 5.25. The topological polar surface area (TPSA) is 41.6 Å². The fourth-order valence-corrected chi connectivity index (χ4v) is 2.42. The number of nitrogens with one attached hydrogen (secondary N) is 1. The fraction of sp³-hybridized carbons (Fsp3) is 0.923. The van der Waals surface area contributed by atoms with Crippen LogP contribution < -0.4 is 5.32 Å². The molecule has 0 aromatic heterocycles. The normalized spacial score (nSPS) is 23.0. The average molecular weight is 240 g/mol. The van der Waals surface area contributed by atoms with Crippen LogP contribution in [0.25, 0.3) is 0 Å². The minimum absolute atomic E-state index is 0.0835. The highest BCUT2D eigenvalue weighted by atomic mass is 16.5. The van der Waals surface area contributed by atoms with Crippen LogP contribution in [0.2, 0.25) is 0 Å². The molecular weight excluding hydrogens is 216 g/mol. The van der Waals surface area contributed by atoms with Crippen LogP contribution >= 0.6 is 0 Å². The summed E-state index contributed by atoms with van der Waals surface area (Å²) < 4.78 is 5.05. The van der Waals surface area contributed by atoms with Gasteiger partial charge in [-0.2, -0.15) is 0 Å². The van der Waals surface area contributed by atoms with Gasteiger partial charge in [0.2, 0.25) is 0 Å². The number of methoxy groups -OCH3 is 1. The Bertz CT molecular complexity index is 275.